The van der Waals surface area contributed by atoms with Crippen molar-refractivity contribution < 1.29 is 4.39 Å². The van der Waals surface area contributed by atoms with Gasteiger partial charge in [-0.05, 0) is 50.4 Å². The lowest BCUT2D eigenvalue weighted by atomic mass is 10.2. The molecule has 5 nitrogen and oxygen atoms in total. The number of fused-ring (bicyclic) bond motifs is 1. The lowest BCUT2D eigenvalue weighted by Gasteiger charge is -2.21. The van der Waals surface area contributed by atoms with E-state index < -0.39 is 0 Å². The molecule has 8 heteroatoms. The number of hydrogen-bond acceptors (Lipinski definition) is 6. The fourth-order valence-electron chi connectivity index (χ4n) is 2.95. The van der Waals surface area contributed by atoms with Crippen molar-refractivity contribution in [2.45, 2.75) is 28.0 Å². The van der Waals surface area contributed by atoms with Gasteiger partial charge in [-0.15, -0.1) is 23.5 Å². The van der Waals surface area contributed by atoms with Gasteiger partial charge in [-0.1, -0.05) is 0 Å². The van der Waals surface area contributed by atoms with Crippen LogP contribution in [0.5, 0.6) is 0 Å². The standard InChI is InChI=1S/C17H18FN5S2/c1-24-12-2-3-15(14(18)8-12)23-16-13(9-22-23)17(21-10-20-16)25-11-4-6-19-7-5-11/h2-3,8-11,19H,4-7H2,1H3. The summed E-state index contributed by atoms with van der Waals surface area (Å²) in [6.45, 7) is 2.08. The maximum absolute atomic E-state index is 14.5. The Hall–Kier alpha value is -1.64. The molecule has 0 radical (unpaired) electrons. The summed E-state index contributed by atoms with van der Waals surface area (Å²) in [5.41, 5.74) is 1.05. The van der Waals surface area contributed by atoms with Crippen molar-refractivity contribution in [1.82, 2.24) is 25.1 Å². The lowest BCUT2D eigenvalue weighted by Crippen LogP contribution is -2.29. The Morgan fingerprint density at radius 2 is 2.08 bits per heavy atom. The highest BCUT2D eigenvalue weighted by Crippen LogP contribution is 2.32. The molecule has 0 atom stereocenters. The monoisotopic (exact) mass is 375 g/mol. The molecule has 0 amide bonds. The van der Waals surface area contributed by atoms with Crippen LogP contribution in [0.15, 0.2) is 40.6 Å². The van der Waals surface area contributed by atoms with Gasteiger partial charge in [0.1, 0.15) is 22.9 Å². The van der Waals surface area contributed by atoms with E-state index in [2.05, 4.69) is 20.4 Å². The van der Waals surface area contributed by atoms with Crippen molar-refractivity contribution in [3.05, 3.63) is 36.5 Å². The maximum atomic E-state index is 14.5. The van der Waals surface area contributed by atoms with E-state index in [1.807, 2.05) is 12.3 Å². The zero-order chi connectivity index (χ0) is 17.2. The van der Waals surface area contributed by atoms with Crippen molar-refractivity contribution in [1.29, 1.82) is 0 Å². The number of aromatic nitrogens is 4. The molecule has 0 saturated carbocycles. The second-order valence-corrected chi connectivity index (χ2v) is 8.03. The van der Waals surface area contributed by atoms with E-state index in [1.165, 1.54) is 24.2 Å². The number of thioether (sulfide) groups is 2. The number of halogens is 1. The number of hydrogen-bond donors (Lipinski definition) is 1. The molecule has 0 bridgehead atoms. The van der Waals surface area contributed by atoms with Gasteiger partial charge in [0.05, 0.1) is 11.6 Å². The number of rotatable bonds is 4. The fourth-order valence-corrected chi connectivity index (χ4v) is 4.54. The molecule has 1 fully saturated rings. The second kappa shape index (κ2) is 7.31. The summed E-state index contributed by atoms with van der Waals surface area (Å²) in [5.74, 6) is -0.303. The normalized spacial score (nSPS) is 15.8. The molecule has 1 N–H and O–H groups in total. The zero-order valence-corrected chi connectivity index (χ0v) is 15.4. The summed E-state index contributed by atoms with van der Waals surface area (Å²) >= 11 is 3.28. The van der Waals surface area contributed by atoms with Crippen LogP contribution in [0, 0.1) is 5.82 Å². The Morgan fingerprint density at radius 1 is 1.24 bits per heavy atom. The molecule has 0 spiro atoms. The maximum Gasteiger partial charge on any atom is 0.167 e. The van der Waals surface area contributed by atoms with Crippen LogP contribution in [0.1, 0.15) is 12.8 Å². The second-order valence-electron chi connectivity index (χ2n) is 5.86. The zero-order valence-electron chi connectivity index (χ0n) is 13.8. The molecule has 1 saturated heterocycles. The van der Waals surface area contributed by atoms with Crippen LogP contribution in [0.3, 0.4) is 0 Å². The summed E-state index contributed by atoms with van der Waals surface area (Å²) in [6, 6.07) is 5.16. The van der Waals surface area contributed by atoms with Gasteiger partial charge in [0.25, 0.3) is 0 Å². The first-order valence-electron chi connectivity index (χ1n) is 8.16. The Balaban J connectivity index is 1.71. The van der Waals surface area contributed by atoms with Crippen LogP contribution in [0.4, 0.5) is 4.39 Å². The molecular formula is C17H18FN5S2. The number of benzene rings is 1. The highest BCUT2D eigenvalue weighted by molar-refractivity contribution is 8.00. The highest BCUT2D eigenvalue weighted by Gasteiger charge is 2.19. The average Bonchev–Trinajstić information content (AvgIpc) is 3.07. The van der Waals surface area contributed by atoms with E-state index in [0.717, 1.165) is 41.2 Å². The minimum atomic E-state index is -0.303. The summed E-state index contributed by atoms with van der Waals surface area (Å²) in [4.78, 5) is 9.67. The lowest BCUT2D eigenvalue weighted by molar-refractivity contribution is 0.531. The van der Waals surface area contributed by atoms with E-state index in [0.29, 0.717) is 16.6 Å². The van der Waals surface area contributed by atoms with E-state index in [9.17, 15) is 4.39 Å². The summed E-state index contributed by atoms with van der Waals surface area (Å²) in [7, 11) is 0. The van der Waals surface area contributed by atoms with Crippen molar-refractivity contribution in [3.63, 3.8) is 0 Å². The molecule has 1 aliphatic heterocycles. The van der Waals surface area contributed by atoms with Gasteiger partial charge in [0, 0.05) is 10.1 Å². The molecule has 0 aliphatic carbocycles. The first-order valence-corrected chi connectivity index (χ1v) is 10.3. The summed E-state index contributed by atoms with van der Waals surface area (Å²) in [6.07, 6.45) is 7.44. The Labute approximate surface area is 153 Å². The molecule has 25 heavy (non-hydrogen) atoms. The first-order chi connectivity index (χ1) is 12.3. The van der Waals surface area contributed by atoms with Gasteiger partial charge < -0.3 is 5.32 Å². The molecule has 2 aromatic heterocycles. The fraction of sp³-hybridized carbons (Fsp3) is 0.353. The van der Waals surface area contributed by atoms with Gasteiger partial charge in [-0.2, -0.15) is 5.10 Å². The van der Waals surface area contributed by atoms with Crippen LogP contribution in [0.2, 0.25) is 0 Å². The topological polar surface area (TPSA) is 55.6 Å². The number of nitrogens with zero attached hydrogens (tertiary/aromatic N) is 4. The van der Waals surface area contributed by atoms with Gasteiger partial charge in [0.2, 0.25) is 0 Å². The van der Waals surface area contributed by atoms with Crippen LogP contribution >= 0.6 is 23.5 Å². The minimum absolute atomic E-state index is 0.303. The highest BCUT2D eigenvalue weighted by atomic mass is 32.2. The Bertz CT molecular complexity index is 892. The van der Waals surface area contributed by atoms with E-state index in [-0.39, 0.29) is 5.82 Å². The predicted octanol–water partition coefficient (Wildman–Crippen LogP) is 3.52. The number of piperidine rings is 1. The van der Waals surface area contributed by atoms with Gasteiger partial charge in [-0.25, -0.2) is 19.0 Å². The van der Waals surface area contributed by atoms with Crippen molar-refractivity contribution in [2.75, 3.05) is 19.3 Å². The minimum Gasteiger partial charge on any atom is -0.317 e. The first kappa shape index (κ1) is 16.8. The van der Waals surface area contributed by atoms with Crippen molar-refractivity contribution >= 4 is 34.6 Å². The molecule has 1 aromatic carbocycles. The van der Waals surface area contributed by atoms with Crippen LogP contribution < -0.4 is 5.32 Å². The van der Waals surface area contributed by atoms with Gasteiger partial charge >= 0.3 is 0 Å². The number of nitrogens with one attached hydrogen (secondary N) is 1. The van der Waals surface area contributed by atoms with E-state index >= 15 is 0 Å². The quantitative estimate of drug-likeness (QED) is 0.556. The van der Waals surface area contributed by atoms with E-state index in [1.54, 1.807) is 28.7 Å². The predicted molar refractivity (Wildman–Crippen MR) is 100 cm³/mol. The third-order valence-electron chi connectivity index (χ3n) is 4.28. The van der Waals surface area contributed by atoms with Crippen molar-refractivity contribution in [2.24, 2.45) is 0 Å². The SMILES string of the molecule is CSc1ccc(-n2ncc3c(SC4CCNCC4)ncnc32)c(F)c1. The summed E-state index contributed by atoms with van der Waals surface area (Å²) < 4.78 is 16.0. The molecule has 0 unspecified atom stereocenters. The van der Waals surface area contributed by atoms with Gasteiger partial charge in [-0.3, -0.25) is 0 Å². The molecule has 1 aliphatic rings. The molecular weight excluding hydrogens is 357 g/mol. The van der Waals surface area contributed by atoms with E-state index in [4.69, 9.17) is 0 Å². The molecule has 3 heterocycles. The molecule has 130 valence electrons. The Morgan fingerprint density at radius 3 is 2.84 bits per heavy atom. The van der Waals surface area contributed by atoms with Crippen LogP contribution in [-0.2, 0) is 0 Å². The van der Waals surface area contributed by atoms with Crippen molar-refractivity contribution in [3.8, 4) is 5.69 Å². The van der Waals surface area contributed by atoms with Gasteiger partial charge in [0.15, 0.2) is 5.65 Å². The summed E-state index contributed by atoms with van der Waals surface area (Å²) in [5, 5.41) is 10.1. The average molecular weight is 375 g/mol. The Kier molecular flexibility index (Phi) is 4.91. The molecule has 4 rings (SSSR count). The smallest absolute Gasteiger partial charge is 0.167 e. The van der Waals surface area contributed by atoms with Crippen LogP contribution in [-0.4, -0.2) is 44.3 Å². The largest absolute Gasteiger partial charge is 0.317 e. The molecule has 3 aromatic rings. The van der Waals surface area contributed by atoms with Crippen LogP contribution in [0.25, 0.3) is 16.7 Å². The third kappa shape index (κ3) is 3.38. The third-order valence-corrected chi connectivity index (χ3v) is 6.36.